The van der Waals surface area contributed by atoms with Crippen LogP contribution in [-0.2, 0) is 6.54 Å². The average Bonchev–Trinajstić information content (AvgIpc) is 2.81. The molecule has 1 aliphatic carbocycles. The molecule has 0 spiro atoms. The first-order valence-electron chi connectivity index (χ1n) is 7.52. The highest BCUT2D eigenvalue weighted by Gasteiger charge is 2.26. The van der Waals surface area contributed by atoms with Crippen LogP contribution in [0.3, 0.4) is 0 Å². The van der Waals surface area contributed by atoms with Crippen LogP contribution in [0.1, 0.15) is 49.5 Å². The number of carbonyl (C=O) groups excluding carboxylic acids is 1. The summed E-state index contributed by atoms with van der Waals surface area (Å²) in [5.41, 5.74) is 6.56. The third kappa shape index (κ3) is 3.64. The molecular formula is C15H24BrN3O. The van der Waals surface area contributed by atoms with E-state index in [1.165, 1.54) is 12.8 Å². The molecule has 3 N–H and O–H groups in total. The summed E-state index contributed by atoms with van der Waals surface area (Å²) >= 11 is 3.45. The first kappa shape index (κ1) is 15.6. The summed E-state index contributed by atoms with van der Waals surface area (Å²) in [6, 6.07) is 2.12. The second kappa shape index (κ2) is 7.27. The number of nitrogens with one attached hydrogen (secondary N) is 1. The number of aromatic nitrogens is 1. The molecule has 5 heteroatoms. The Hall–Kier alpha value is -0.810. The van der Waals surface area contributed by atoms with Crippen LogP contribution in [0, 0.1) is 5.92 Å². The van der Waals surface area contributed by atoms with Gasteiger partial charge in [0.2, 0.25) is 0 Å². The van der Waals surface area contributed by atoms with E-state index < -0.39 is 0 Å². The zero-order valence-corrected chi connectivity index (χ0v) is 13.7. The third-order valence-corrected chi connectivity index (χ3v) is 4.52. The Balaban J connectivity index is 2.07. The van der Waals surface area contributed by atoms with Crippen LogP contribution in [0.4, 0.5) is 0 Å². The van der Waals surface area contributed by atoms with Crippen LogP contribution in [0.2, 0.25) is 0 Å². The fourth-order valence-electron chi connectivity index (χ4n) is 3.01. The molecule has 2 atom stereocenters. The highest BCUT2D eigenvalue weighted by atomic mass is 79.9. The van der Waals surface area contributed by atoms with Gasteiger partial charge in [-0.2, -0.15) is 0 Å². The molecule has 1 heterocycles. The van der Waals surface area contributed by atoms with Crippen molar-refractivity contribution in [3.8, 4) is 0 Å². The van der Waals surface area contributed by atoms with E-state index in [4.69, 9.17) is 5.73 Å². The zero-order valence-electron chi connectivity index (χ0n) is 12.1. The maximum Gasteiger partial charge on any atom is 0.268 e. The van der Waals surface area contributed by atoms with E-state index in [2.05, 4.69) is 28.2 Å². The first-order chi connectivity index (χ1) is 9.65. The van der Waals surface area contributed by atoms with Gasteiger partial charge in [-0.1, -0.05) is 19.8 Å². The molecule has 0 saturated heterocycles. The molecule has 0 aromatic carbocycles. The van der Waals surface area contributed by atoms with Gasteiger partial charge >= 0.3 is 0 Å². The number of hydrogen-bond donors (Lipinski definition) is 2. The van der Waals surface area contributed by atoms with Crippen molar-refractivity contribution in [3.63, 3.8) is 0 Å². The predicted octanol–water partition coefficient (Wildman–Crippen LogP) is 2.91. The van der Waals surface area contributed by atoms with Gasteiger partial charge in [-0.3, -0.25) is 4.79 Å². The van der Waals surface area contributed by atoms with E-state index in [0.717, 1.165) is 36.0 Å². The number of halogens is 1. The van der Waals surface area contributed by atoms with Crippen molar-refractivity contribution >= 4 is 21.8 Å². The van der Waals surface area contributed by atoms with Crippen molar-refractivity contribution < 1.29 is 4.79 Å². The van der Waals surface area contributed by atoms with Gasteiger partial charge in [0, 0.05) is 23.3 Å². The minimum absolute atomic E-state index is 0.0227. The molecule has 0 bridgehead atoms. The number of rotatable bonds is 5. The van der Waals surface area contributed by atoms with Crippen molar-refractivity contribution in [2.45, 2.75) is 51.6 Å². The standard InChI is InChI=1S/C15H24BrN3O/c1-2-7-19-10-12(16)8-14(19)15(20)18-13-6-4-3-5-11(13)9-17/h8,10-11,13H,2-7,9,17H2,1H3,(H,18,20). The van der Waals surface area contributed by atoms with Gasteiger partial charge < -0.3 is 15.6 Å². The molecule has 1 aromatic heterocycles. The molecule has 0 radical (unpaired) electrons. The summed E-state index contributed by atoms with van der Waals surface area (Å²) < 4.78 is 2.97. The van der Waals surface area contributed by atoms with Crippen LogP contribution in [0.25, 0.3) is 0 Å². The summed E-state index contributed by atoms with van der Waals surface area (Å²) in [5, 5.41) is 3.19. The van der Waals surface area contributed by atoms with Gasteiger partial charge in [0.1, 0.15) is 5.69 Å². The van der Waals surface area contributed by atoms with Gasteiger partial charge in [-0.15, -0.1) is 0 Å². The SMILES string of the molecule is CCCn1cc(Br)cc1C(=O)NC1CCCCC1CN. The Kier molecular flexibility index (Phi) is 5.66. The van der Waals surface area contributed by atoms with Crippen LogP contribution in [0.15, 0.2) is 16.7 Å². The Morgan fingerprint density at radius 2 is 2.25 bits per heavy atom. The number of nitrogens with zero attached hydrogens (tertiary/aromatic N) is 1. The lowest BCUT2D eigenvalue weighted by atomic mass is 9.84. The second-order valence-corrected chi connectivity index (χ2v) is 6.51. The van der Waals surface area contributed by atoms with Gasteiger partial charge in [0.05, 0.1) is 0 Å². The highest BCUT2D eigenvalue weighted by Crippen LogP contribution is 2.24. The third-order valence-electron chi connectivity index (χ3n) is 4.09. The molecule has 1 saturated carbocycles. The smallest absolute Gasteiger partial charge is 0.268 e. The number of nitrogens with two attached hydrogens (primary N) is 1. The van der Waals surface area contributed by atoms with E-state index >= 15 is 0 Å². The van der Waals surface area contributed by atoms with Gasteiger partial charge in [-0.05, 0) is 53.7 Å². The largest absolute Gasteiger partial charge is 0.348 e. The van der Waals surface area contributed by atoms with Crippen LogP contribution >= 0.6 is 15.9 Å². The highest BCUT2D eigenvalue weighted by molar-refractivity contribution is 9.10. The van der Waals surface area contributed by atoms with Gasteiger partial charge in [0.25, 0.3) is 5.91 Å². The maximum absolute atomic E-state index is 12.5. The molecule has 1 aromatic rings. The van der Waals surface area contributed by atoms with Crippen LogP contribution < -0.4 is 11.1 Å². The van der Waals surface area contributed by atoms with Crippen molar-refractivity contribution in [1.82, 2.24) is 9.88 Å². The predicted molar refractivity (Wildman–Crippen MR) is 84.7 cm³/mol. The lowest BCUT2D eigenvalue weighted by molar-refractivity contribution is 0.0898. The minimum Gasteiger partial charge on any atom is -0.348 e. The Bertz CT molecular complexity index is 458. The summed E-state index contributed by atoms with van der Waals surface area (Å²) in [4.78, 5) is 12.5. The average molecular weight is 342 g/mol. The van der Waals surface area contributed by atoms with Gasteiger partial charge in [-0.25, -0.2) is 0 Å². The van der Waals surface area contributed by atoms with Crippen molar-refractivity contribution in [3.05, 3.63) is 22.4 Å². The monoisotopic (exact) mass is 341 g/mol. The molecule has 2 rings (SSSR count). The summed E-state index contributed by atoms with van der Waals surface area (Å²) in [6.45, 7) is 3.63. The number of hydrogen-bond acceptors (Lipinski definition) is 2. The molecule has 2 unspecified atom stereocenters. The molecule has 1 aliphatic rings. The van der Waals surface area contributed by atoms with E-state index in [-0.39, 0.29) is 11.9 Å². The van der Waals surface area contributed by atoms with E-state index in [9.17, 15) is 4.79 Å². The maximum atomic E-state index is 12.5. The Labute approximate surface area is 129 Å². The van der Waals surface area contributed by atoms with Crippen LogP contribution in [-0.4, -0.2) is 23.1 Å². The lowest BCUT2D eigenvalue weighted by Crippen LogP contribution is -2.45. The van der Waals surface area contributed by atoms with Gasteiger partial charge in [0.15, 0.2) is 0 Å². The van der Waals surface area contributed by atoms with Crippen LogP contribution in [0.5, 0.6) is 0 Å². The topological polar surface area (TPSA) is 60.0 Å². The summed E-state index contributed by atoms with van der Waals surface area (Å²) in [5.74, 6) is 0.445. The fraction of sp³-hybridized carbons (Fsp3) is 0.667. The Morgan fingerprint density at radius 3 is 2.95 bits per heavy atom. The number of carbonyl (C=O) groups is 1. The Morgan fingerprint density at radius 1 is 1.50 bits per heavy atom. The zero-order chi connectivity index (χ0) is 14.5. The summed E-state index contributed by atoms with van der Waals surface area (Å²) in [7, 11) is 0. The van der Waals surface area contributed by atoms with E-state index in [1.54, 1.807) is 0 Å². The van der Waals surface area contributed by atoms with Crippen molar-refractivity contribution in [2.75, 3.05) is 6.54 Å². The molecular weight excluding hydrogens is 318 g/mol. The second-order valence-electron chi connectivity index (χ2n) is 5.60. The van der Waals surface area contributed by atoms with Crippen molar-refractivity contribution in [2.24, 2.45) is 11.7 Å². The van der Waals surface area contributed by atoms with E-state index in [1.807, 2.05) is 16.8 Å². The lowest BCUT2D eigenvalue weighted by Gasteiger charge is -2.31. The molecule has 0 aliphatic heterocycles. The van der Waals surface area contributed by atoms with Crippen molar-refractivity contribution in [1.29, 1.82) is 0 Å². The normalized spacial score (nSPS) is 22.8. The minimum atomic E-state index is 0.0227. The number of aryl methyl sites for hydroxylation is 1. The summed E-state index contributed by atoms with van der Waals surface area (Å²) in [6.07, 6.45) is 7.56. The quantitative estimate of drug-likeness (QED) is 0.864. The molecule has 4 nitrogen and oxygen atoms in total. The van der Waals surface area contributed by atoms with E-state index in [0.29, 0.717) is 12.5 Å². The molecule has 1 fully saturated rings. The molecule has 112 valence electrons. The number of amides is 1. The molecule has 1 amide bonds. The molecule has 20 heavy (non-hydrogen) atoms. The fourth-order valence-corrected chi connectivity index (χ4v) is 3.48. The first-order valence-corrected chi connectivity index (χ1v) is 8.31.